The highest BCUT2D eigenvalue weighted by atomic mass is 16.3. The van der Waals surface area contributed by atoms with Crippen LogP contribution in [-0.2, 0) is 0 Å². The quantitative estimate of drug-likeness (QED) is 0.917. The van der Waals surface area contributed by atoms with Gasteiger partial charge in [-0.1, -0.05) is 30.7 Å². The smallest absolute Gasteiger partial charge is 0.272 e. The number of para-hydroxylation sites is 1. The molecule has 5 heteroatoms. The van der Waals surface area contributed by atoms with Crippen LogP contribution in [0.1, 0.15) is 29.8 Å². The molecule has 0 radical (unpaired) electrons. The highest BCUT2D eigenvalue weighted by Crippen LogP contribution is 2.26. The summed E-state index contributed by atoms with van der Waals surface area (Å²) in [6.07, 6.45) is 3.85. The number of likely N-dealkylation sites (tertiary alicyclic amines) is 2. The van der Waals surface area contributed by atoms with E-state index in [1.54, 1.807) is 0 Å². The van der Waals surface area contributed by atoms with Crippen LogP contribution in [-0.4, -0.2) is 65.1 Å². The van der Waals surface area contributed by atoms with E-state index in [1.165, 1.54) is 19.3 Å². The number of fused-ring (bicyclic) bond motifs is 1. The topological polar surface area (TPSA) is 56.7 Å². The molecule has 0 spiro atoms. The van der Waals surface area contributed by atoms with Crippen molar-refractivity contribution in [3.8, 4) is 0 Å². The number of hydrogen-bond acceptors (Lipinski definition) is 4. The summed E-state index contributed by atoms with van der Waals surface area (Å²) in [6.45, 7) is 4.77. The Bertz CT molecular complexity index is 773. The van der Waals surface area contributed by atoms with Gasteiger partial charge in [-0.2, -0.15) is 0 Å². The van der Waals surface area contributed by atoms with E-state index in [2.05, 4.69) is 9.88 Å². The number of rotatable bonds is 4. The molecule has 1 N–H and O–H groups in total. The molecule has 1 aromatic carbocycles. The molecule has 1 amide bonds. The van der Waals surface area contributed by atoms with Crippen LogP contribution < -0.4 is 0 Å². The summed E-state index contributed by atoms with van der Waals surface area (Å²) in [5.41, 5.74) is 1.35. The van der Waals surface area contributed by atoms with Gasteiger partial charge in [0, 0.05) is 37.5 Å². The first-order valence-electron chi connectivity index (χ1n) is 9.73. The van der Waals surface area contributed by atoms with Crippen molar-refractivity contribution in [1.29, 1.82) is 0 Å². The van der Waals surface area contributed by atoms with Gasteiger partial charge in [0.1, 0.15) is 5.69 Å². The number of hydrogen-bond donors (Lipinski definition) is 1. The highest BCUT2D eigenvalue weighted by molar-refractivity contribution is 5.95. The second-order valence-electron chi connectivity index (χ2n) is 7.66. The summed E-state index contributed by atoms with van der Waals surface area (Å²) < 4.78 is 0. The molecule has 2 fully saturated rings. The molecule has 3 heterocycles. The predicted molar refractivity (Wildman–Crippen MR) is 102 cm³/mol. The van der Waals surface area contributed by atoms with Crippen LogP contribution in [0.15, 0.2) is 36.4 Å². The van der Waals surface area contributed by atoms with Gasteiger partial charge in [-0.25, -0.2) is 4.98 Å². The molecule has 2 aliphatic rings. The van der Waals surface area contributed by atoms with Crippen molar-refractivity contribution >= 4 is 16.8 Å². The summed E-state index contributed by atoms with van der Waals surface area (Å²) >= 11 is 0. The van der Waals surface area contributed by atoms with Crippen LogP contribution >= 0.6 is 0 Å². The van der Waals surface area contributed by atoms with Gasteiger partial charge in [-0.15, -0.1) is 0 Å². The Morgan fingerprint density at radius 1 is 1.04 bits per heavy atom. The van der Waals surface area contributed by atoms with Gasteiger partial charge in [0.05, 0.1) is 5.52 Å². The van der Waals surface area contributed by atoms with Crippen molar-refractivity contribution in [1.82, 2.24) is 14.8 Å². The maximum atomic E-state index is 13.0. The van der Waals surface area contributed by atoms with Gasteiger partial charge in [0.2, 0.25) is 0 Å². The number of aliphatic hydroxyl groups is 1. The fourth-order valence-corrected chi connectivity index (χ4v) is 4.34. The minimum atomic E-state index is -0.0182. The molecule has 0 bridgehead atoms. The Morgan fingerprint density at radius 3 is 2.62 bits per heavy atom. The van der Waals surface area contributed by atoms with E-state index < -0.39 is 0 Å². The van der Waals surface area contributed by atoms with Crippen LogP contribution in [0, 0.1) is 11.8 Å². The second kappa shape index (κ2) is 7.72. The lowest BCUT2D eigenvalue weighted by molar-refractivity contribution is 0.0773. The Morgan fingerprint density at radius 2 is 1.81 bits per heavy atom. The van der Waals surface area contributed by atoms with E-state index in [1.807, 2.05) is 41.3 Å². The third-order valence-corrected chi connectivity index (χ3v) is 5.86. The van der Waals surface area contributed by atoms with Crippen molar-refractivity contribution in [3.05, 3.63) is 42.1 Å². The van der Waals surface area contributed by atoms with E-state index in [4.69, 9.17) is 0 Å². The summed E-state index contributed by atoms with van der Waals surface area (Å²) in [4.78, 5) is 21.9. The number of piperidine rings is 1. The number of aromatic nitrogens is 1. The Kier molecular flexibility index (Phi) is 5.18. The molecular formula is C21H27N3O2. The molecule has 2 aromatic rings. The fourth-order valence-electron chi connectivity index (χ4n) is 4.34. The zero-order chi connectivity index (χ0) is 17.9. The molecule has 2 saturated heterocycles. The lowest BCUT2D eigenvalue weighted by atomic mass is 9.95. The minimum absolute atomic E-state index is 0.0182. The molecule has 2 aliphatic heterocycles. The Balaban J connectivity index is 1.46. The van der Waals surface area contributed by atoms with E-state index in [9.17, 15) is 9.90 Å². The van der Waals surface area contributed by atoms with Crippen LogP contribution in [0.5, 0.6) is 0 Å². The van der Waals surface area contributed by atoms with Crippen LogP contribution in [0.4, 0.5) is 0 Å². The maximum absolute atomic E-state index is 13.0. The summed E-state index contributed by atoms with van der Waals surface area (Å²) in [7, 11) is 0. The maximum Gasteiger partial charge on any atom is 0.272 e. The van der Waals surface area contributed by atoms with Crippen molar-refractivity contribution < 1.29 is 9.90 Å². The molecule has 26 heavy (non-hydrogen) atoms. The Hall–Kier alpha value is -1.98. The number of amides is 1. The van der Waals surface area contributed by atoms with Crippen molar-refractivity contribution in [2.75, 3.05) is 39.3 Å². The van der Waals surface area contributed by atoms with Crippen LogP contribution in [0.2, 0.25) is 0 Å². The second-order valence-corrected chi connectivity index (χ2v) is 7.66. The number of nitrogens with zero attached hydrogens (tertiary/aromatic N) is 3. The van der Waals surface area contributed by atoms with E-state index >= 15 is 0 Å². The van der Waals surface area contributed by atoms with Gasteiger partial charge in [-0.05, 0) is 44.0 Å². The van der Waals surface area contributed by atoms with Crippen LogP contribution in [0.25, 0.3) is 10.9 Å². The lowest BCUT2D eigenvalue weighted by Crippen LogP contribution is -2.37. The zero-order valence-corrected chi connectivity index (χ0v) is 15.2. The normalized spacial score (nSPS) is 24.3. The van der Waals surface area contributed by atoms with Crippen molar-refractivity contribution in [2.24, 2.45) is 11.8 Å². The first kappa shape index (κ1) is 17.4. The van der Waals surface area contributed by atoms with Crippen LogP contribution in [0.3, 0.4) is 0 Å². The Labute approximate surface area is 154 Å². The number of carbonyl (C=O) groups excluding carboxylic acids is 1. The summed E-state index contributed by atoms with van der Waals surface area (Å²) in [6, 6.07) is 11.6. The van der Waals surface area contributed by atoms with E-state index in [0.29, 0.717) is 18.2 Å². The number of aliphatic hydroxyl groups excluding tert-OH is 1. The summed E-state index contributed by atoms with van der Waals surface area (Å²) in [5, 5.41) is 10.8. The molecule has 4 rings (SSSR count). The van der Waals surface area contributed by atoms with Crippen molar-refractivity contribution in [3.63, 3.8) is 0 Å². The molecule has 0 unspecified atom stereocenters. The van der Waals surface area contributed by atoms with Gasteiger partial charge in [-0.3, -0.25) is 4.79 Å². The third kappa shape index (κ3) is 3.60. The predicted octanol–water partition coefficient (Wildman–Crippen LogP) is 2.40. The average molecular weight is 353 g/mol. The standard InChI is InChI=1S/C21H27N3O2/c25-15-18-14-24(13-17(18)12-23-10-4-1-5-11-23)21(26)20-9-8-16-6-2-3-7-19(16)22-20/h2-3,6-9,17-18,25H,1,4-5,10-15H2/t17-,18-/m1/s1. The van der Waals surface area contributed by atoms with Gasteiger partial charge < -0.3 is 14.9 Å². The third-order valence-electron chi connectivity index (χ3n) is 5.86. The van der Waals surface area contributed by atoms with Gasteiger partial charge >= 0.3 is 0 Å². The molecule has 0 aliphatic carbocycles. The number of pyridine rings is 1. The SMILES string of the molecule is O=C(c1ccc2ccccc2n1)N1C[C@@H](CN2CCCCC2)[C@@H](CO)C1. The number of benzene rings is 1. The highest BCUT2D eigenvalue weighted by Gasteiger charge is 2.36. The molecule has 5 nitrogen and oxygen atoms in total. The minimum Gasteiger partial charge on any atom is -0.396 e. The zero-order valence-electron chi connectivity index (χ0n) is 15.2. The van der Waals surface area contributed by atoms with E-state index in [0.717, 1.165) is 37.1 Å². The molecule has 138 valence electrons. The lowest BCUT2D eigenvalue weighted by Gasteiger charge is -2.30. The fraction of sp³-hybridized carbons (Fsp3) is 0.524. The molecular weight excluding hydrogens is 326 g/mol. The summed E-state index contributed by atoms with van der Waals surface area (Å²) in [5.74, 6) is 0.499. The first-order valence-corrected chi connectivity index (χ1v) is 9.73. The van der Waals surface area contributed by atoms with Gasteiger partial charge in [0.25, 0.3) is 5.91 Å². The molecule has 1 aromatic heterocycles. The van der Waals surface area contributed by atoms with Gasteiger partial charge in [0.15, 0.2) is 0 Å². The largest absolute Gasteiger partial charge is 0.396 e. The van der Waals surface area contributed by atoms with Crippen molar-refractivity contribution in [2.45, 2.75) is 19.3 Å². The monoisotopic (exact) mass is 353 g/mol. The average Bonchev–Trinajstić information content (AvgIpc) is 3.10. The molecule has 0 saturated carbocycles. The number of carbonyl (C=O) groups is 1. The first-order chi connectivity index (χ1) is 12.7. The van der Waals surface area contributed by atoms with E-state index in [-0.39, 0.29) is 18.4 Å². The molecule has 2 atom stereocenters.